The van der Waals surface area contributed by atoms with E-state index in [0.717, 1.165) is 16.5 Å². The first-order chi connectivity index (χ1) is 13.5. The van der Waals surface area contributed by atoms with Crippen LogP contribution in [0.4, 0.5) is 0 Å². The van der Waals surface area contributed by atoms with Crippen molar-refractivity contribution in [1.82, 2.24) is 5.32 Å². The molecular weight excluding hydrogens is 358 g/mol. The summed E-state index contributed by atoms with van der Waals surface area (Å²) in [7, 11) is 0. The Bertz CT molecular complexity index is 960. The first-order valence-corrected chi connectivity index (χ1v) is 9.19. The molecule has 0 unspecified atom stereocenters. The first-order valence-electron chi connectivity index (χ1n) is 9.19. The summed E-state index contributed by atoms with van der Waals surface area (Å²) in [6.45, 7) is 3.96. The number of amides is 1. The Hall–Kier alpha value is -3.28. The largest absolute Gasteiger partial charge is 0.486 e. The van der Waals surface area contributed by atoms with E-state index in [2.05, 4.69) is 5.32 Å². The van der Waals surface area contributed by atoms with Crippen molar-refractivity contribution in [1.29, 1.82) is 0 Å². The molecule has 0 aliphatic carbocycles. The molecule has 0 aliphatic heterocycles. The van der Waals surface area contributed by atoms with Crippen molar-refractivity contribution in [3.63, 3.8) is 0 Å². The lowest BCUT2D eigenvalue weighted by atomic mass is 10.1. The second-order valence-electron chi connectivity index (χ2n) is 6.61. The number of hydrogen-bond acceptors (Lipinski definition) is 5. The molecule has 0 aliphatic rings. The van der Waals surface area contributed by atoms with Gasteiger partial charge in [0, 0.05) is 6.54 Å². The molecule has 0 saturated carbocycles. The fraction of sp³-hybridized carbons (Fsp3) is 0.273. The van der Waals surface area contributed by atoms with Gasteiger partial charge in [-0.05, 0) is 48.9 Å². The Morgan fingerprint density at radius 1 is 1.04 bits per heavy atom. The molecule has 0 bridgehead atoms. The molecule has 3 aromatic rings. The van der Waals surface area contributed by atoms with Crippen LogP contribution in [0.3, 0.4) is 0 Å². The maximum atomic E-state index is 12.1. The van der Waals surface area contributed by atoms with E-state index in [1.54, 1.807) is 26.0 Å². The number of ether oxygens (including phenoxy) is 2. The van der Waals surface area contributed by atoms with E-state index in [0.29, 0.717) is 5.76 Å². The third kappa shape index (κ3) is 5.36. The predicted octanol–water partition coefficient (Wildman–Crippen LogP) is 4.08. The Balaban J connectivity index is 1.49. The van der Waals surface area contributed by atoms with Crippen LogP contribution in [-0.2, 0) is 16.1 Å². The zero-order valence-electron chi connectivity index (χ0n) is 15.9. The van der Waals surface area contributed by atoms with E-state index < -0.39 is 0 Å². The van der Waals surface area contributed by atoms with Crippen molar-refractivity contribution in [3.8, 4) is 5.75 Å². The van der Waals surface area contributed by atoms with Crippen LogP contribution in [0.15, 0.2) is 59.0 Å². The number of nitrogens with one attached hydrogen (secondary N) is 1. The van der Waals surface area contributed by atoms with Crippen molar-refractivity contribution < 1.29 is 23.5 Å². The van der Waals surface area contributed by atoms with Gasteiger partial charge in [0.1, 0.15) is 18.1 Å². The van der Waals surface area contributed by atoms with E-state index in [9.17, 15) is 9.59 Å². The molecule has 0 spiro atoms. The molecule has 3 rings (SSSR count). The molecule has 6 heteroatoms. The average Bonchev–Trinajstić information content (AvgIpc) is 3.15. The minimum atomic E-state index is -0.380. The number of esters is 1. The van der Waals surface area contributed by atoms with E-state index in [4.69, 9.17) is 13.9 Å². The summed E-state index contributed by atoms with van der Waals surface area (Å²) < 4.78 is 16.3. The quantitative estimate of drug-likeness (QED) is 0.595. The lowest BCUT2D eigenvalue weighted by Crippen LogP contribution is -2.26. The van der Waals surface area contributed by atoms with Crippen molar-refractivity contribution >= 4 is 22.6 Å². The van der Waals surface area contributed by atoms with Crippen LogP contribution in [0.2, 0.25) is 0 Å². The molecular formula is C22H23NO5. The zero-order chi connectivity index (χ0) is 19.9. The van der Waals surface area contributed by atoms with Gasteiger partial charge in [-0.3, -0.25) is 9.59 Å². The van der Waals surface area contributed by atoms with Crippen LogP contribution in [0.5, 0.6) is 5.75 Å². The number of carbonyl (C=O) groups is 2. The van der Waals surface area contributed by atoms with Gasteiger partial charge in [-0.1, -0.05) is 30.3 Å². The zero-order valence-corrected chi connectivity index (χ0v) is 15.9. The van der Waals surface area contributed by atoms with Gasteiger partial charge in [-0.15, -0.1) is 0 Å². The van der Waals surface area contributed by atoms with Gasteiger partial charge in [0.25, 0.3) is 5.91 Å². The summed E-state index contributed by atoms with van der Waals surface area (Å²) in [6, 6.07) is 17.2. The average molecular weight is 381 g/mol. The molecule has 0 fully saturated rings. The molecule has 1 aromatic heterocycles. The molecule has 6 nitrogen and oxygen atoms in total. The highest BCUT2D eigenvalue weighted by Gasteiger charge is 2.13. The fourth-order valence-electron chi connectivity index (χ4n) is 2.68. The van der Waals surface area contributed by atoms with Crippen molar-refractivity contribution in [2.45, 2.75) is 33.0 Å². The van der Waals surface area contributed by atoms with Crippen molar-refractivity contribution in [2.75, 3.05) is 6.54 Å². The SMILES string of the molecule is CC(C)OC(=O)CCNC(=O)c1ccc(COc2ccc3ccccc3c2)o1. The normalized spacial score (nSPS) is 10.8. The highest BCUT2D eigenvalue weighted by Crippen LogP contribution is 2.21. The van der Waals surface area contributed by atoms with Gasteiger partial charge in [-0.25, -0.2) is 0 Å². The highest BCUT2D eigenvalue weighted by molar-refractivity contribution is 5.91. The summed E-state index contributed by atoms with van der Waals surface area (Å²) >= 11 is 0. The van der Waals surface area contributed by atoms with Gasteiger partial charge in [0.15, 0.2) is 5.76 Å². The third-order valence-electron chi connectivity index (χ3n) is 3.97. The molecule has 1 amide bonds. The van der Waals surface area contributed by atoms with Crippen molar-refractivity contribution in [2.24, 2.45) is 0 Å². The number of hydrogen-bond donors (Lipinski definition) is 1. The van der Waals surface area contributed by atoms with Crippen LogP contribution in [-0.4, -0.2) is 24.5 Å². The van der Waals surface area contributed by atoms with E-state index >= 15 is 0 Å². The predicted molar refractivity (Wildman–Crippen MR) is 105 cm³/mol. The highest BCUT2D eigenvalue weighted by atomic mass is 16.5. The molecule has 0 saturated heterocycles. The van der Waals surface area contributed by atoms with Crippen LogP contribution in [0, 0.1) is 0 Å². The van der Waals surface area contributed by atoms with Crippen LogP contribution in [0.1, 0.15) is 36.6 Å². The molecule has 0 atom stereocenters. The smallest absolute Gasteiger partial charge is 0.307 e. The summed E-state index contributed by atoms with van der Waals surface area (Å²) in [5.74, 6) is 0.713. The Kier molecular flexibility index (Phi) is 6.32. The number of rotatable bonds is 8. The maximum Gasteiger partial charge on any atom is 0.307 e. The lowest BCUT2D eigenvalue weighted by molar-refractivity contribution is -0.147. The van der Waals surface area contributed by atoms with Crippen LogP contribution >= 0.6 is 0 Å². The van der Waals surface area contributed by atoms with E-state index in [-0.39, 0.29) is 43.3 Å². The Morgan fingerprint density at radius 2 is 1.82 bits per heavy atom. The Morgan fingerprint density at radius 3 is 2.61 bits per heavy atom. The van der Waals surface area contributed by atoms with E-state index in [1.165, 1.54) is 0 Å². The number of fused-ring (bicyclic) bond motifs is 1. The van der Waals surface area contributed by atoms with Gasteiger partial charge in [-0.2, -0.15) is 0 Å². The molecule has 2 aromatic carbocycles. The van der Waals surface area contributed by atoms with Gasteiger partial charge in [0.05, 0.1) is 12.5 Å². The molecule has 1 N–H and O–H groups in total. The second-order valence-corrected chi connectivity index (χ2v) is 6.61. The second kappa shape index (κ2) is 9.08. The summed E-state index contributed by atoms with van der Waals surface area (Å²) in [5.41, 5.74) is 0. The molecule has 146 valence electrons. The maximum absolute atomic E-state index is 12.1. The standard InChI is InChI=1S/C22H23NO5/c1-15(2)27-21(24)11-12-23-22(25)20-10-9-19(28-20)14-26-18-8-7-16-5-3-4-6-17(16)13-18/h3-10,13,15H,11-12,14H2,1-2H3,(H,23,25). The third-order valence-corrected chi connectivity index (χ3v) is 3.97. The summed E-state index contributed by atoms with van der Waals surface area (Å²) in [6.07, 6.45) is -0.0545. The molecule has 1 heterocycles. The van der Waals surface area contributed by atoms with Gasteiger partial charge < -0.3 is 19.2 Å². The van der Waals surface area contributed by atoms with Crippen LogP contribution < -0.4 is 10.1 Å². The first kappa shape index (κ1) is 19.5. The fourth-order valence-corrected chi connectivity index (χ4v) is 2.68. The molecule has 28 heavy (non-hydrogen) atoms. The van der Waals surface area contributed by atoms with Crippen LogP contribution in [0.25, 0.3) is 10.8 Å². The van der Waals surface area contributed by atoms with Gasteiger partial charge >= 0.3 is 5.97 Å². The van der Waals surface area contributed by atoms with E-state index in [1.807, 2.05) is 42.5 Å². The monoisotopic (exact) mass is 381 g/mol. The number of furan rings is 1. The Labute approximate surface area is 163 Å². The van der Waals surface area contributed by atoms with Crippen molar-refractivity contribution in [3.05, 3.63) is 66.1 Å². The minimum Gasteiger partial charge on any atom is -0.486 e. The lowest BCUT2D eigenvalue weighted by Gasteiger charge is -2.08. The summed E-state index contributed by atoms with van der Waals surface area (Å²) in [4.78, 5) is 23.5. The number of benzene rings is 2. The number of carbonyl (C=O) groups excluding carboxylic acids is 2. The molecule has 0 radical (unpaired) electrons. The topological polar surface area (TPSA) is 77.8 Å². The van der Waals surface area contributed by atoms with Gasteiger partial charge in [0.2, 0.25) is 0 Å². The minimum absolute atomic E-state index is 0.114. The summed E-state index contributed by atoms with van der Waals surface area (Å²) in [5, 5.41) is 4.87.